The molecule has 0 aliphatic heterocycles. The Morgan fingerprint density at radius 3 is 2.44 bits per heavy atom. The van der Waals surface area contributed by atoms with Crippen LogP contribution in [0.2, 0.25) is 0 Å². The SMILES string of the molecule is CCCC(NC(=O)[C@H](Cc1ccc2ccccc2c1)NCB=O)C(O)C(=O)NCC(C)=O. The number of hydrogen-bond donors (Lipinski definition) is 4. The van der Waals surface area contributed by atoms with Gasteiger partial charge < -0.3 is 0 Å². The van der Waals surface area contributed by atoms with Crippen molar-refractivity contribution >= 4 is 35.5 Å². The van der Waals surface area contributed by atoms with E-state index in [4.69, 9.17) is 0 Å². The molecular formula is C23H30BN3O5. The van der Waals surface area contributed by atoms with Crippen LogP contribution in [0.3, 0.4) is 0 Å². The van der Waals surface area contributed by atoms with Gasteiger partial charge in [0.05, 0.1) is 0 Å². The van der Waals surface area contributed by atoms with Crippen molar-refractivity contribution in [3.8, 4) is 0 Å². The Morgan fingerprint density at radius 2 is 1.78 bits per heavy atom. The first kappa shape index (κ1) is 25.4. The molecule has 0 spiro atoms. The van der Waals surface area contributed by atoms with Crippen LogP contribution in [0, 0.1) is 0 Å². The van der Waals surface area contributed by atoms with Crippen LogP contribution in [-0.2, 0) is 25.5 Å². The van der Waals surface area contributed by atoms with Crippen LogP contribution in [-0.4, -0.2) is 61.0 Å². The molecule has 0 fully saturated rings. The second-order valence-electron chi connectivity index (χ2n) is 7.78. The summed E-state index contributed by atoms with van der Waals surface area (Å²) < 4.78 is 10.9. The third-order valence-corrected chi connectivity index (χ3v) is 5.11. The van der Waals surface area contributed by atoms with E-state index < -0.39 is 30.0 Å². The van der Waals surface area contributed by atoms with Crippen molar-refractivity contribution < 1.29 is 24.2 Å². The quantitative estimate of drug-likeness (QED) is 0.341. The van der Waals surface area contributed by atoms with Gasteiger partial charge in [-0.3, -0.25) is 0 Å². The van der Waals surface area contributed by atoms with Crippen molar-refractivity contribution in [2.45, 2.75) is 51.3 Å². The number of rotatable bonds is 13. The Kier molecular flexibility index (Phi) is 10.2. The number of aliphatic hydroxyl groups excluding tert-OH is 1. The van der Waals surface area contributed by atoms with Crippen LogP contribution < -0.4 is 16.0 Å². The molecule has 170 valence electrons. The summed E-state index contributed by atoms with van der Waals surface area (Å²) in [5.41, 5.74) is 0.911. The number of Topliss-reactive ketones (excluding diaryl/α,β-unsaturated/α-hetero) is 1. The van der Waals surface area contributed by atoms with E-state index in [-0.39, 0.29) is 18.8 Å². The molecule has 0 bridgehead atoms. The molecule has 32 heavy (non-hydrogen) atoms. The summed E-state index contributed by atoms with van der Waals surface area (Å²) in [5, 5.41) is 20.6. The van der Waals surface area contributed by atoms with Crippen molar-refractivity contribution in [3.05, 3.63) is 48.0 Å². The molecule has 0 aromatic heterocycles. The first-order valence-electron chi connectivity index (χ1n) is 10.8. The van der Waals surface area contributed by atoms with Gasteiger partial charge in [-0.15, -0.1) is 0 Å². The molecule has 4 N–H and O–H groups in total. The Balaban J connectivity index is 2.13. The summed E-state index contributed by atoms with van der Waals surface area (Å²) in [6.45, 7) is 3.01. The van der Waals surface area contributed by atoms with E-state index in [1.54, 1.807) is 0 Å². The van der Waals surface area contributed by atoms with Crippen LogP contribution in [0.5, 0.6) is 0 Å². The summed E-state index contributed by atoms with van der Waals surface area (Å²) >= 11 is 0. The van der Waals surface area contributed by atoms with E-state index >= 15 is 0 Å². The van der Waals surface area contributed by atoms with Gasteiger partial charge >= 0.3 is 188 Å². The number of fused-ring (bicyclic) bond motifs is 1. The average molecular weight is 439 g/mol. The summed E-state index contributed by atoms with van der Waals surface area (Å²) in [7, 11) is 0.675. The van der Waals surface area contributed by atoms with Gasteiger partial charge in [-0.1, -0.05) is 0 Å². The van der Waals surface area contributed by atoms with Crippen LogP contribution in [0.4, 0.5) is 0 Å². The molecule has 0 radical (unpaired) electrons. The molecule has 2 aromatic rings. The third kappa shape index (κ3) is 7.65. The van der Waals surface area contributed by atoms with Gasteiger partial charge in [0.15, 0.2) is 0 Å². The Labute approximate surface area is 188 Å². The Morgan fingerprint density at radius 1 is 1.06 bits per heavy atom. The molecule has 9 heteroatoms. The van der Waals surface area contributed by atoms with Crippen LogP contribution in [0.15, 0.2) is 42.5 Å². The molecule has 0 saturated carbocycles. The van der Waals surface area contributed by atoms with E-state index in [9.17, 15) is 24.2 Å². The zero-order chi connectivity index (χ0) is 23.5. The predicted octanol–water partition coefficient (Wildman–Crippen LogP) is 0.699. The Hall–Kier alpha value is -2.91. The molecule has 8 nitrogen and oxygen atoms in total. The number of hydrogen-bond acceptors (Lipinski definition) is 6. The first-order chi connectivity index (χ1) is 15.3. The van der Waals surface area contributed by atoms with E-state index in [0.717, 1.165) is 16.3 Å². The van der Waals surface area contributed by atoms with E-state index in [1.807, 2.05) is 49.4 Å². The molecule has 2 aromatic carbocycles. The fraction of sp³-hybridized carbons (Fsp3) is 0.435. The standard InChI is InChI=1S/C23H30BN3O5/c1-3-6-19(21(29)23(31)25-13-15(2)28)27-22(30)20(26-14-24-32)12-16-9-10-17-7-4-5-8-18(17)11-16/h4-5,7-11,19-21,26,29H,3,6,12-14H2,1-2H3,(H,25,31)(H,27,30)/t19?,20-,21?/m0/s1. The maximum absolute atomic E-state index is 13.0. The summed E-state index contributed by atoms with van der Waals surface area (Å²) in [6, 6.07) is 12.2. The molecule has 2 rings (SSSR count). The predicted molar refractivity (Wildman–Crippen MR) is 122 cm³/mol. The minimum absolute atomic E-state index is 0.00817. The minimum atomic E-state index is -1.49. The van der Waals surface area contributed by atoms with E-state index in [0.29, 0.717) is 26.4 Å². The average Bonchev–Trinajstić information content (AvgIpc) is 2.79. The second-order valence-corrected chi connectivity index (χ2v) is 7.78. The van der Waals surface area contributed by atoms with Crippen LogP contribution in [0.25, 0.3) is 10.8 Å². The van der Waals surface area contributed by atoms with Gasteiger partial charge in [-0.25, -0.2) is 0 Å². The van der Waals surface area contributed by atoms with Gasteiger partial charge in [0.1, 0.15) is 0 Å². The number of nitrogens with one attached hydrogen (secondary N) is 3. The van der Waals surface area contributed by atoms with Gasteiger partial charge in [-0.2, -0.15) is 0 Å². The number of ketones is 1. The van der Waals surface area contributed by atoms with Crippen LogP contribution in [0.1, 0.15) is 32.3 Å². The van der Waals surface area contributed by atoms with Crippen molar-refractivity contribution in [3.63, 3.8) is 0 Å². The summed E-state index contributed by atoms with van der Waals surface area (Å²) in [4.78, 5) is 36.3. The third-order valence-electron chi connectivity index (χ3n) is 5.11. The fourth-order valence-corrected chi connectivity index (χ4v) is 3.45. The van der Waals surface area contributed by atoms with Gasteiger partial charge in [0.2, 0.25) is 0 Å². The molecule has 0 aliphatic rings. The molecule has 0 saturated heterocycles. The van der Waals surface area contributed by atoms with Crippen molar-refractivity contribution in [1.82, 2.24) is 16.0 Å². The van der Waals surface area contributed by atoms with Crippen molar-refractivity contribution in [2.24, 2.45) is 0 Å². The number of carbonyl (C=O) groups excluding carboxylic acids is 3. The zero-order valence-electron chi connectivity index (χ0n) is 18.5. The second kappa shape index (κ2) is 12.8. The fourth-order valence-electron chi connectivity index (χ4n) is 3.45. The molecule has 2 unspecified atom stereocenters. The first-order valence-corrected chi connectivity index (χ1v) is 10.8. The normalized spacial score (nSPS) is 13.6. The maximum atomic E-state index is 13.0. The van der Waals surface area contributed by atoms with Gasteiger partial charge in [0.25, 0.3) is 0 Å². The molecule has 0 heterocycles. The number of aliphatic hydroxyl groups is 1. The van der Waals surface area contributed by atoms with Gasteiger partial charge in [0, 0.05) is 0 Å². The summed E-state index contributed by atoms with van der Waals surface area (Å²) in [5.74, 6) is -1.38. The van der Waals surface area contributed by atoms with E-state index in [2.05, 4.69) is 16.0 Å². The van der Waals surface area contributed by atoms with E-state index in [1.165, 1.54) is 6.92 Å². The number of benzene rings is 2. The summed E-state index contributed by atoms with van der Waals surface area (Å²) in [6.07, 6.45) is -0.178. The van der Waals surface area contributed by atoms with Crippen LogP contribution >= 0.6 is 0 Å². The van der Waals surface area contributed by atoms with Crippen molar-refractivity contribution in [2.75, 3.05) is 13.0 Å². The van der Waals surface area contributed by atoms with Crippen molar-refractivity contribution in [1.29, 1.82) is 0 Å². The molecular weight excluding hydrogens is 409 g/mol. The number of amides is 2. The monoisotopic (exact) mass is 439 g/mol. The molecule has 0 aliphatic carbocycles. The van der Waals surface area contributed by atoms with Gasteiger partial charge in [-0.05, 0) is 0 Å². The number of carbonyl (C=O) groups is 3. The Bertz CT molecular complexity index is 952. The topological polar surface area (TPSA) is 125 Å². The molecule has 2 amide bonds. The zero-order valence-corrected chi connectivity index (χ0v) is 18.5. The molecule has 3 atom stereocenters.